The van der Waals surface area contributed by atoms with Crippen LogP contribution < -0.4 is 10.6 Å². The monoisotopic (exact) mass is 265 g/mol. The first-order valence-corrected chi connectivity index (χ1v) is 8.55. The summed E-state index contributed by atoms with van der Waals surface area (Å²) >= 11 is 0. The fraction of sp³-hybridized carbons (Fsp3) is 1.00. The van der Waals surface area contributed by atoms with Crippen molar-refractivity contribution in [2.45, 2.75) is 70.0 Å². The Kier molecular flexibility index (Phi) is 4.78. The van der Waals surface area contributed by atoms with Crippen molar-refractivity contribution in [3.05, 3.63) is 0 Å². The van der Waals surface area contributed by atoms with Gasteiger partial charge >= 0.3 is 0 Å². The van der Waals surface area contributed by atoms with Crippen LogP contribution in [0.3, 0.4) is 0 Å². The fourth-order valence-electron chi connectivity index (χ4n) is 4.52. The van der Waals surface area contributed by atoms with Gasteiger partial charge in [-0.2, -0.15) is 0 Å². The number of nitrogens with zero attached hydrogens (tertiary/aromatic N) is 1. The van der Waals surface area contributed by atoms with E-state index in [2.05, 4.69) is 22.5 Å². The molecule has 0 spiro atoms. The lowest BCUT2D eigenvalue weighted by Gasteiger charge is -2.30. The molecule has 0 amide bonds. The molecule has 110 valence electrons. The number of hydrogen-bond donors (Lipinski definition) is 2. The summed E-state index contributed by atoms with van der Waals surface area (Å²) in [4.78, 5) is 2.63. The highest BCUT2D eigenvalue weighted by Crippen LogP contribution is 2.32. The van der Waals surface area contributed by atoms with Gasteiger partial charge in [0.1, 0.15) is 0 Å². The van der Waals surface area contributed by atoms with Gasteiger partial charge in [0, 0.05) is 24.7 Å². The Labute approximate surface area is 118 Å². The number of hydrogen-bond acceptors (Lipinski definition) is 3. The maximum atomic E-state index is 3.95. The quantitative estimate of drug-likeness (QED) is 0.796. The Morgan fingerprint density at radius 2 is 1.95 bits per heavy atom. The summed E-state index contributed by atoms with van der Waals surface area (Å²) < 4.78 is 0. The van der Waals surface area contributed by atoms with Gasteiger partial charge in [-0.1, -0.05) is 6.42 Å². The molecule has 0 radical (unpaired) electrons. The zero-order valence-corrected chi connectivity index (χ0v) is 12.5. The van der Waals surface area contributed by atoms with E-state index in [1.54, 1.807) is 0 Å². The Hall–Kier alpha value is -0.120. The lowest BCUT2D eigenvalue weighted by Crippen LogP contribution is -2.48. The summed E-state index contributed by atoms with van der Waals surface area (Å²) in [7, 11) is 0. The average molecular weight is 265 g/mol. The minimum Gasteiger partial charge on any atom is -0.314 e. The van der Waals surface area contributed by atoms with E-state index in [-0.39, 0.29) is 0 Å². The number of nitrogens with one attached hydrogen (secondary N) is 2. The SMILES string of the molecule is CC(CN1CCCC1)NC1CCCC1C1CCCN1. The van der Waals surface area contributed by atoms with Crippen LogP contribution in [0.25, 0.3) is 0 Å². The number of likely N-dealkylation sites (tertiary alicyclic amines) is 1. The third-order valence-corrected chi connectivity index (χ3v) is 5.41. The first-order valence-electron chi connectivity index (χ1n) is 8.55. The highest BCUT2D eigenvalue weighted by atomic mass is 15.2. The van der Waals surface area contributed by atoms with Crippen LogP contribution in [0.1, 0.15) is 51.9 Å². The molecule has 2 heterocycles. The second kappa shape index (κ2) is 6.55. The summed E-state index contributed by atoms with van der Waals surface area (Å²) in [6, 6.07) is 2.23. The van der Waals surface area contributed by atoms with Crippen molar-refractivity contribution in [2.24, 2.45) is 5.92 Å². The van der Waals surface area contributed by atoms with E-state index >= 15 is 0 Å². The summed E-state index contributed by atoms with van der Waals surface area (Å²) in [5.74, 6) is 0.892. The zero-order valence-electron chi connectivity index (χ0n) is 12.5. The minimum atomic E-state index is 0.658. The third kappa shape index (κ3) is 3.50. The van der Waals surface area contributed by atoms with E-state index in [9.17, 15) is 0 Å². The van der Waals surface area contributed by atoms with E-state index in [4.69, 9.17) is 0 Å². The second-order valence-corrected chi connectivity index (χ2v) is 6.98. The molecule has 2 N–H and O–H groups in total. The Morgan fingerprint density at radius 3 is 2.68 bits per heavy atom. The van der Waals surface area contributed by atoms with E-state index < -0.39 is 0 Å². The van der Waals surface area contributed by atoms with Gasteiger partial charge in [-0.3, -0.25) is 0 Å². The van der Waals surface area contributed by atoms with Crippen molar-refractivity contribution >= 4 is 0 Å². The molecule has 3 aliphatic rings. The molecule has 3 heteroatoms. The van der Waals surface area contributed by atoms with Crippen LogP contribution in [-0.2, 0) is 0 Å². The molecule has 1 saturated carbocycles. The lowest BCUT2D eigenvalue weighted by molar-refractivity contribution is 0.254. The second-order valence-electron chi connectivity index (χ2n) is 6.98. The molecule has 0 aromatic carbocycles. The van der Waals surface area contributed by atoms with Gasteiger partial charge in [0.25, 0.3) is 0 Å². The van der Waals surface area contributed by atoms with Crippen LogP contribution in [-0.4, -0.2) is 49.2 Å². The molecule has 3 fully saturated rings. The van der Waals surface area contributed by atoms with Crippen molar-refractivity contribution in [2.75, 3.05) is 26.2 Å². The van der Waals surface area contributed by atoms with Crippen LogP contribution in [0.2, 0.25) is 0 Å². The van der Waals surface area contributed by atoms with Crippen LogP contribution in [0.4, 0.5) is 0 Å². The van der Waals surface area contributed by atoms with Crippen molar-refractivity contribution in [3.8, 4) is 0 Å². The first kappa shape index (κ1) is 13.8. The lowest BCUT2D eigenvalue weighted by atomic mass is 9.92. The highest BCUT2D eigenvalue weighted by molar-refractivity contribution is 4.94. The van der Waals surface area contributed by atoms with Crippen LogP contribution >= 0.6 is 0 Å². The molecular weight excluding hydrogens is 234 g/mol. The maximum Gasteiger partial charge on any atom is 0.0169 e. The topological polar surface area (TPSA) is 27.3 Å². The molecule has 19 heavy (non-hydrogen) atoms. The number of rotatable bonds is 5. The van der Waals surface area contributed by atoms with Crippen molar-refractivity contribution in [1.82, 2.24) is 15.5 Å². The fourth-order valence-corrected chi connectivity index (χ4v) is 4.52. The molecule has 1 aliphatic carbocycles. The summed E-state index contributed by atoms with van der Waals surface area (Å²) in [6.45, 7) is 7.53. The molecule has 3 nitrogen and oxygen atoms in total. The summed E-state index contributed by atoms with van der Waals surface area (Å²) in [5, 5.41) is 7.68. The van der Waals surface area contributed by atoms with Crippen molar-refractivity contribution < 1.29 is 0 Å². The molecule has 4 unspecified atom stereocenters. The average Bonchev–Trinajstić information content (AvgIpc) is 3.09. The smallest absolute Gasteiger partial charge is 0.0169 e. The van der Waals surface area contributed by atoms with Gasteiger partial charge in [0.15, 0.2) is 0 Å². The van der Waals surface area contributed by atoms with E-state index in [1.807, 2.05) is 0 Å². The molecular formula is C16H31N3. The molecule has 0 aromatic rings. The predicted molar refractivity (Wildman–Crippen MR) is 80.4 cm³/mol. The normalized spacial score (nSPS) is 38.1. The molecule has 2 saturated heterocycles. The van der Waals surface area contributed by atoms with Crippen LogP contribution in [0.15, 0.2) is 0 Å². The van der Waals surface area contributed by atoms with E-state index in [0.717, 1.165) is 18.0 Å². The molecule has 0 bridgehead atoms. The Balaban J connectivity index is 1.47. The first-order chi connectivity index (χ1) is 9.33. The highest BCUT2D eigenvalue weighted by Gasteiger charge is 2.35. The Bertz CT molecular complexity index is 269. The zero-order chi connectivity index (χ0) is 13.1. The predicted octanol–water partition coefficient (Wildman–Crippen LogP) is 1.98. The van der Waals surface area contributed by atoms with Gasteiger partial charge in [0.2, 0.25) is 0 Å². The van der Waals surface area contributed by atoms with E-state index in [1.165, 1.54) is 71.1 Å². The Morgan fingerprint density at radius 1 is 1.11 bits per heavy atom. The van der Waals surface area contributed by atoms with Crippen LogP contribution in [0, 0.1) is 5.92 Å². The molecule has 0 aromatic heterocycles. The van der Waals surface area contributed by atoms with Crippen LogP contribution in [0.5, 0.6) is 0 Å². The van der Waals surface area contributed by atoms with Gasteiger partial charge in [0.05, 0.1) is 0 Å². The molecule has 4 atom stereocenters. The standard InChI is InChI=1S/C16H31N3/c1-13(12-19-10-2-3-11-19)18-16-7-4-6-14(16)15-8-5-9-17-15/h13-18H,2-12H2,1H3. The summed E-state index contributed by atoms with van der Waals surface area (Å²) in [5.41, 5.74) is 0. The van der Waals surface area contributed by atoms with Crippen molar-refractivity contribution in [3.63, 3.8) is 0 Å². The van der Waals surface area contributed by atoms with Gasteiger partial charge in [-0.25, -0.2) is 0 Å². The van der Waals surface area contributed by atoms with Crippen molar-refractivity contribution in [1.29, 1.82) is 0 Å². The largest absolute Gasteiger partial charge is 0.314 e. The van der Waals surface area contributed by atoms with Gasteiger partial charge in [-0.15, -0.1) is 0 Å². The van der Waals surface area contributed by atoms with E-state index in [0.29, 0.717) is 6.04 Å². The summed E-state index contributed by atoms with van der Waals surface area (Å²) in [6.07, 6.45) is 9.87. The third-order valence-electron chi connectivity index (χ3n) is 5.41. The van der Waals surface area contributed by atoms with Gasteiger partial charge < -0.3 is 15.5 Å². The van der Waals surface area contributed by atoms with Gasteiger partial charge in [-0.05, 0) is 71.0 Å². The maximum absolute atomic E-state index is 3.95. The molecule has 3 rings (SSSR count). The molecule has 2 aliphatic heterocycles. The minimum absolute atomic E-state index is 0.658.